The Hall–Kier alpha value is -3.64. The Morgan fingerprint density at radius 2 is 1.59 bits per heavy atom. The lowest BCUT2D eigenvalue weighted by atomic mass is 9.92. The van der Waals surface area contributed by atoms with Crippen LogP contribution >= 0.6 is 0 Å². The van der Waals surface area contributed by atoms with Crippen LogP contribution in [0.3, 0.4) is 0 Å². The highest BCUT2D eigenvalue weighted by Crippen LogP contribution is 2.28. The lowest BCUT2D eigenvalue weighted by Gasteiger charge is -2.13. The van der Waals surface area contributed by atoms with Crippen molar-refractivity contribution in [2.75, 3.05) is 0 Å². The van der Waals surface area contributed by atoms with Crippen LogP contribution in [0.1, 0.15) is 29.2 Å². The number of nitrogens with two attached hydrogens (primary N) is 1. The number of benzene rings is 3. The SMILES string of the molecule is C/C(N)=C(/C(=N)c1ccccc1)c1ccc(-c2ccc(C#N)cc2C)cc1. The molecular weight excluding hydrogens is 330 g/mol. The molecule has 0 aromatic heterocycles. The predicted octanol–water partition coefficient (Wildman–Crippen LogP) is 5.29. The highest BCUT2D eigenvalue weighted by Gasteiger charge is 2.13. The van der Waals surface area contributed by atoms with Gasteiger partial charge >= 0.3 is 0 Å². The molecule has 0 bridgehead atoms. The van der Waals surface area contributed by atoms with Crippen molar-refractivity contribution in [3.8, 4) is 17.2 Å². The predicted molar refractivity (Wildman–Crippen MR) is 111 cm³/mol. The van der Waals surface area contributed by atoms with Crippen LogP contribution < -0.4 is 5.73 Å². The minimum absolute atomic E-state index is 0.415. The van der Waals surface area contributed by atoms with E-state index in [0.717, 1.165) is 33.4 Å². The molecule has 0 spiro atoms. The van der Waals surface area contributed by atoms with E-state index in [4.69, 9.17) is 16.4 Å². The molecule has 3 N–H and O–H groups in total. The zero-order valence-electron chi connectivity index (χ0n) is 15.5. The van der Waals surface area contributed by atoms with Gasteiger partial charge in [-0.3, -0.25) is 5.41 Å². The first-order chi connectivity index (χ1) is 13.0. The van der Waals surface area contributed by atoms with Gasteiger partial charge in [-0.05, 0) is 48.2 Å². The molecular formula is C24H21N3. The molecule has 3 aromatic carbocycles. The molecule has 0 atom stereocenters. The summed E-state index contributed by atoms with van der Waals surface area (Å²) in [6.07, 6.45) is 0. The number of nitrogens with zero attached hydrogens (tertiary/aromatic N) is 1. The molecule has 0 fully saturated rings. The van der Waals surface area contributed by atoms with Crippen LogP contribution in [-0.4, -0.2) is 5.71 Å². The molecule has 0 aliphatic heterocycles. The highest BCUT2D eigenvalue weighted by atomic mass is 14.6. The van der Waals surface area contributed by atoms with Crippen LogP contribution in [0.5, 0.6) is 0 Å². The number of rotatable bonds is 4. The third-order valence-corrected chi connectivity index (χ3v) is 4.55. The second-order valence-corrected chi connectivity index (χ2v) is 6.52. The maximum atomic E-state index is 9.03. The molecule has 0 unspecified atom stereocenters. The normalized spacial score (nSPS) is 11.4. The zero-order chi connectivity index (χ0) is 19.4. The summed E-state index contributed by atoms with van der Waals surface area (Å²) in [6.45, 7) is 3.83. The average Bonchev–Trinajstić information content (AvgIpc) is 2.69. The Bertz CT molecular complexity index is 1050. The molecule has 0 heterocycles. The van der Waals surface area contributed by atoms with E-state index in [2.05, 4.69) is 6.07 Å². The Labute approximate surface area is 159 Å². The maximum Gasteiger partial charge on any atom is 0.0991 e. The van der Waals surface area contributed by atoms with Gasteiger partial charge in [-0.25, -0.2) is 0 Å². The highest BCUT2D eigenvalue weighted by molar-refractivity contribution is 6.30. The van der Waals surface area contributed by atoms with E-state index in [9.17, 15) is 0 Å². The van der Waals surface area contributed by atoms with Crippen molar-refractivity contribution in [1.82, 2.24) is 0 Å². The quantitative estimate of drug-likeness (QED) is 0.627. The van der Waals surface area contributed by atoms with Gasteiger partial charge in [-0.2, -0.15) is 5.26 Å². The van der Waals surface area contributed by atoms with Crippen LogP contribution in [0.15, 0.2) is 78.5 Å². The van der Waals surface area contributed by atoms with E-state index in [-0.39, 0.29) is 0 Å². The van der Waals surface area contributed by atoms with Crippen LogP contribution in [0.2, 0.25) is 0 Å². The first-order valence-corrected chi connectivity index (χ1v) is 8.73. The van der Waals surface area contributed by atoms with E-state index in [1.54, 1.807) is 0 Å². The average molecular weight is 351 g/mol. The smallest absolute Gasteiger partial charge is 0.0991 e. The van der Waals surface area contributed by atoms with Crippen molar-refractivity contribution < 1.29 is 0 Å². The molecule has 0 aliphatic carbocycles. The van der Waals surface area contributed by atoms with Crippen molar-refractivity contribution in [3.63, 3.8) is 0 Å². The number of nitrogens with one attached hydrogen (secondary N) is 1. The molecule has 0 amide bonds. The molecule has 132 valence electrons. The molecule has 27 heavy (non-hydrogen) atoms. The van der Waals surface area contributed by atoms with Gasteiger partial charge in [-0.15, -0.1) is 0 Å². The van der Waals surface area contributed by atoms with Crippen molar-refractivity contribution >= 4 is 11.3 Å². The Morgan fingerprint density at radius 3 is 2.15 bits per heavy atom. The lowest BCUT2D eigenvalue weighted by molar-refractivity contribution is 1.32. The monoisotopic (exact) mass is 351 g/mol. The fraction of sp³-hybridized carbons (Fsp3) is 0.0833. The second-order valence-electron chi connectivity index (χ2n) is 6.52. The molecule has 3 heteroatoms. The maximum absolute atomic E-state index is 9.03. The number of hydrogen-bond donors (Lipinski definition) is 2. The molecule has 0 aliphatic rings. The van der Waals surface area contributed by atoms with Crippen molar-refractivity contribution in [3.05, 3.63) is 101 Å². The number of aryl methyl sites for hydroxylation is 1. The summed E-state index contributed by atoms with van der Waals surface area (Å²) in [5.74, 6) is 0. The fourth-order valence-corrected chi connectivity index (χ4v) is 3.19. The second kappa shape index (κ2) is 7.72. The minimum atomic E-state index is 0.415. The van der Waals surface area contributed by atoms with Gasteiger partial charge in [0, 0.05) is 16.8 Å². The van der Waals surface area contributed by atoms with Crippen molar-refractivity contribution in [2.45, 2.75) is 13.8 Å². The molecule has 0 radical (unpaired) electrons. The summed E-state index contributed by atoms with van der Waals surface area (Å²) >= 11 is 0. The Morgan fingerprint density at radius 1 is 0.926 bits per heavy atom. The molecule has 0 saturated carbocycles. The van der Waals surface area contributed by atoms with Crippen LogP contribution in [0, 0.1) is 23.7 Å². The van der Waals surface area contributed by atoms with E-state index < -0.39 is 0 Å². The van der Waals surface area contributed by atoms with Crippen molar-refractivity contribution in [1.29, 1.82) is 10.7 Å². The van der Waals surface area contributed by atoms with E-state index in [1.165, 1.54) is 0 Å². The van der Waals surface area contributed by atoms with E-state index in [0.29, 0.717) is 17.0 Å². The van der Waals surface area contributed by atoms with Crippen LogP contribution in [0.25, 0.3) is 16.7 Å². The number of nitriles is 1. The number of allylic oxidation sites excluding steroid dienone is 2. The zero-order valence-corrected chi connectivity index (χ0v) is 15.5. The summed E-state index contributed by atoms with van der Waals surface area (Å²) < 4.78 is 0. The van der Waals surface area contributed by atoms with Gasteiger partial charge in [0.05, 0.1) is 17.3 Å². The van der Waals surface area contributed by atoms with Gasteiger partial charge in [0.25, 0.3) is 0 Å². The summed E-state index contributed by atoms with van der Waals surface area (Å²) in [5, 5.41) is 17.6. The van der Waals surface area contributed by atoms with Gasteiger partial charge in [0.2, 0.25) is 0 Å². The Kier molecular flexibility index (Phi) is 5.19. The van der Waals surface area contributed by atoms with E-state index >= 15 is 0 Å². The minimum Gasteiger partial charge on any atom is -0.402 e. The summed E-state index contributed by atoms with van der Waals surface area (Å²) in [7, 11) is 0. The van der Waals surface area contributed by atoms with Gasteiger partial charge in [0.1, 0.15) is 0 Å². The van der Waals surface area contributed by atoms with E-state index in [1.807, 2.05) is 86.6 Å². The fourth-order valence-electron chi connectivity index (χ4n) is 3.19. The molecule has 3 aromatic rings. The van der Waals surface area contributed by atoms with Crippen LogP contribution in [0.4, 0.5) is 0 Å². The third kappa shape index (κ3) is 3.80. The lowest BCUT2D eigenvalue weighted by Crippen LogP contribution is -2.09. The summed E-state index contributed by atoms with van der Waals surface area (Å²) in [6, 6.07) is 25.5. The summed E-state index contributed by atoms with van der Waals surface area (Å²) in [5.41, 5.74) is 13.5. The summed E-state index contributed by atoms with van der Waals surface area (Å²) in [4.78, 5) is 0. The number of hydrogen-bond acceptors (Lipinski definition) is 3. The first kappa shape index (κ1) is 18.2. The molecule has 0 saturated heterocycles. The molecule has 3 rings (SSSR count). The largest absolute Gasteiger partial charge is 0.402 e. The van der Waals surface area contributed by atoms with Crippen molar-refractivity contribution in [2.24, 2.45) is 5.73 Å². The molecule has 3 nitrogen and oxygen atoms in total. The van der Waals surface area contributed by atoms with Gasteiger partial charge < -0.3 is 5.73 Å². The van der Waals surface area contributed by atoms with Gasteiger partial charge in [-0.1, -0.05) is 60.7 Å². The third-order valence-electron chi connectivity index (χ3n) is 4.55. The first-order valence-electron chi connectivity index (χ1n) is 8.73. The standard InChI is InChI=1S/C24H21N3/c1-16-14-18(15-25)8-13-22(16)19-9-11-20(12-10-19)23(17(2)26)24(27)21-6-4-3-5-7-21/h3-14,27H,26H2,1-2H3/b23-17-,27-24?. The Balaban J connectivity index is 1.97. The van der Waals surface area contributed by atoms with Crippen LogP contribution in [-0.2, 0) is 0 Å². The van der Waals surface area contributed by atoms with Gasteiger partial charge in [0.15, 0.2) is 0 Å². The topological polar surface area (TPSA) is 73.7 Å².